The fourth-order valence-electron chi connectivity index (χ4n) is 3.03. The fraction of sp³-hybridized carbons (Fsp3) is 0.706. The zero-order chi connectivity index (χ0) is 23.6. The molecule has 1 fully saturated rings. The predicted molar refractivity (Wildman–Crippen MR) is 105 cm³/mol. The molecule has 4 N–H and O–H groups in total. The van der Waals surface area contributed by atoms with E-state index < -0.39 is 67.9 Å². The normalized spacial score (nSPS) is 30.3. The van der Waals surface area contributed by atoms with E-state index in [0.29, 0.717) is 0 Å². The van der Waals surface area contributed by atoms with Crippen molar-refractivity contribution in [3.05, 3.63) is 33.1 Å². The van der Waals surface area contributed by atoms with E-state index in [9.17, 15) is 29.2 Å². The Morgan fingerprint density at radius 1 is 1.45 bits per heavy atom. The molecule has 2 rings (SSSR count). The Morgan fingerprint density at radius 2 is 2.10 bits per heavy atom. The standard InChI is InChI=1S/C17H27FN3O9P/c1-5-16(26)13(24)17(18,30-14(16)21-7-6-11(22)19-15(21)25)8-28-31(27)20-10(4)12(23)29-9(2)3/h6-7,9-10,13-14,24,26,31H,5,8H2,1-4H3,(H,20,27)(H,19,22,25)/t10-,13-,14+,16+,17+/m0/s1. The summed E-state index contributed by atoms with van der Waals surface area (Å²) in [5, 5.41) is 23.6. The van der Waals surface area contributed by atoms with Crippen LogP contribution in [0.4, 0.5) is 4.39 Å². The van der Waals surface area contributed by atoms with Crippen LogP contribution >= 0.6 is 8.18 Å². The SMILES string of the molecule is CC[C@]1(O)[C@H](n2ccc(=O)[nH]c2=O)O[C@](F)(CO[PH](=O)N[C@@H](C)C(=O)OC(C)C)[C@H]1O. The van der Waals surface area contributed by atoms with Gasteiger partial charge in [-0.05, 0) is 27.2 Å². The quantitative estimate of drug-likeness (QED) is 0.276. The third-order valence-corrected chi connectivity index (χ3v) is 5.80. The van der Waals surface area contributed by atoms with E-state index in [2.05, 4.69) is 5.09 Å². The Morgan fingerprint density at radius 3 is 2.65 bits per heavy atom. The minimum Gasteiger partial charge on any atom is -0.462 e. The molecule has 14 heteroatoms. The zero-order valence-electron chi connectivity index (χ0n) is 17.5. The van der Waals surface area contributed by atoms with E-state index in [1.807, 2.05) is 4.98 Å². The molecule has 1 aliphatic heterocycles. The van der Waals surface area contributed by atoms with Gasteiger partial charge in [0.15, 0.2) is 6.23 Å². The van der Waals surface area contributed by atoms with Crippen molar-refractivity contribution in [1.82, 2.24) is 14.6 Å². The molecule has 12 nitrogen and oxygen atoms in total. The molecular weight excluding hydrogens is 440 g/mol. The summed E-state index contributed by atoms with van der Waals surface area (Å²) in [6.45, 7) is 4.98. The van der Waals surface area contributed by atoms with Crippen molar-refractivity contribution in [1.29, 1.82) is 0 Å². The first-order valence-corrected chi connectivity index (χ1v) is 10.9. The molecule has 0 spiro atoms. The number of aromatic amines is 1. The first-order valence-electron chi connectivity index (χ1n) is 9.56. The van der Waals surface area contributed by atoms with Crippen molar-refractivity contribution in [3.8, 4) is 0 Å². The number of halogens is 1. The molecule has 1 aromatic heterocycles. The van der Waals surface area contributed by atoms with E-state index in [0.717, 1.165) is 16.8 Å². The summed E-state index contributed by atoms with van der Waals surface area (Å²) < 4.78 is 43.2. The largest absolute Gasteiger partial charge is 0.462 e. The summed E-state index contributed by atoms with van der Waals surface area (Å²) >= 11 is 0. The first-order chi connectivity index (χ1) is 14.3. The molecule has 6 atom stereocenters. The van der Waals surface area contributed by atoms with Crippen molar-refractivity contribution in [2.45, 2.75) is 70.0 Å². The highest BCUT2D eigenvalue weighted by Gasteiger charge is 2.64. The maximum absolute atomic E-state index is 15.4. The molecule has 31 heavy (non-hydrogen) atoms. The predicted octanol–water partition coefficient (Wildman–Crippen LogP) is -0.431. The van der Waals surface area contributed by atoms with Gasteiger partial charge >= 0.3 is 11.7 Å². The second-order valence-corrected chi connectivity index (χ2v) is 8.60. The Hall–Kier alpha value is -1.89. The Kier molecular flexibility index (Phi) is 7.95. The Labute approximate surface area is 177 Å². The van der Waals surface area contributed by atoms with Crippen molar-refractivity contribution < 1.29 is 38.0 Å². The van der Waals surface area contributed by atoms with E-state index in [1.165, 1.54) is 13.8 Å². The summed E-state index contributed by atoms with van der Waals surface area (Å²) in [5.74, 6) is -3.74. The van der Waals surface area contributed by atoms with Gasteiger partial charge in [-0.15, -0.1) is 0 Å². The van der Waals surface area contributed by atoms with Crippen LogP contribution in [0.1, 0.15) is 40.3 Å². The van der Waals surface area contributed by atoms with Gasteiger partial charge in [-0.1, -0.05) is 6.92 Å². The van der Waals surface area contributed by atoms with Gasteiger partial charge in [0.1, 0.15) is 24.4 Å². The van der Waals surface area contributed by atoms with Crippen molar-refractivity contribution in [2.24, 2.45) is 0 Å². The van der Waals surface area contributed by atoms with E-state index in [-0.39, 0.29) is 6.42 Å². The van der Waals surface area contributed by atoms with Crippen LogP contribution in [0.2, 0.25) is 0 Å². The molecule has 1 aliphatic rings. The second-order valence-electron chi connectivity index (χ2n) is 7.45. The number of H-pyrrole nitrogens is 1. The summed E-state index contributed by atoms with van der Waals surface area (Å²) in [6, 6.07) is -0.0544. The lowest BCUT2D eigenvalue weighted by molar-refractivity contribution is -0.202. The van der Waals surface area contributed by atoms with Gasteiger partial charge in [0, 0.05) is 12.3 Å². The summed E-state index contributed by atoms with van der Waals surface area (Å²) in [4.78, 5) is 37.0. The molecule has 0 amide bonds. The molecule has 0 saturated carbocycles. The van der Waals surface area contributed by atoms with Gasteiger partial charge < -0.3 is 24.2 Å². The molecular formula is C17H27FN3O9P. The van der Waals surface area contributed by atoms with Crippen molar-refractivity contribution >= 4 is 14.1 Å². The highest BCUT2D eigenvalue weighted by Crippen LogP contribution is 2.47. The van der Waals surface area contributed by atoms with Crippen LogP contribution in [-0.4, -0.2) is 62.0 Å². The summed E-state index contributed by atoms with van der Waals surface area (Å²) in [6.07, 6.45) is -3.54. The van der Waals surface area contributed by atoms with Crippen LogP contribution in [-0.2, 0) is 23.4 Å². The number of esters is 1. The second kappa shape index (κ2) is 9.72. The molecule has 0 aliphatic carbocycles. The number of carbonyl (C=O) groups is 1. The highest BCUT2D eigenvalue weighted by molar-refractivity contribution is 7.36. The van der Waals surface area contributed by atoms with Gasteiger partial charge in [0.05, 0.1) is 6.10 Å². The number of hydrogen-bond acceptors (Lipinski definition) is 9. The maximum Gasteiger partial charge on any atom is 0.330 e. The van der Waals surface area contributed by atoms with E-state index in [4.69, 9.17) is 14.0 Å². The van der Waals surface area contributed by atoms with E-state index >= 15 is 4.39 Å². The number of alkyl halides is 1. The summed E-state index contributed by atoms with van der Waals surface area (Å²) in [5.41, 5.74) is -3.98. The molecule has 0 bridgehead atoms. The van der Waals surface area contributed by atoms with Crippen LogP contribution in [0.3, 0.4) is 0 Å². The zero-order valence-corrected chi connectivity index (χ0v) is 18.5. The van der Waals surface area contributed by atoms with Crippen LogP contribution in [0, 0.1) is 0 Å². The monoisotopic (exact) mass is 467 g/mol. The number of aliphatic hydroxyl groups excluding tert-OH is 1. The van der Waals surface area contributed by atoms with Crippen LogP contribution in [0.25, 0.3) is 0 Å². The molecule has 1 unspecified atom stereocenters. The van der Waals surface area contributed by atoms with Crippen LogP contribution < -0.4 is 16.3 Å². The molecule has 2 heterocycles. The number of hydrogen-bond donors (Lipinski definition) is 4. The lowest BCUT2D eigenvalue weighted by Gasteiger charge is -2.30. The molecule has 0 radical (unpaired) electrons. The van der Waals surface area contributed by atoms with Crippen LogP contribution in [0.5, 0.6) is 0 Å². The Bertz CT molecular complexity index is 938. The maximum atomic E-state index is 15.4. The van der Waals surface area contributed by atoms with Crippen molar-refractivity contribution in [3.63, 3.8) is 0 Å². The number of nitrogens with zero attached hydrogens (tertiary/aromatic N) is 1. The fourth-order valence-corrected chi connectivity index (χ4v) is 3.91. The van der Waals surface area contributed by atoms with Gasteiger partial charge in [-0.3, -0.25) is 23.7 Å². The van der Waals surface area contributed by atoms with E-state index in [1.54, 1.807) is 13.8 Å². The average molecular weight is 467 g/mol. The molecule has 176 valence electrons. The van der Waals surface area contributed by atoms with Gasteiger partial charge in [0.25, 0.3) is 19.6 Å². The topological polar surface area (TPSA) is 169 Å². The molecule has 1 saturated heterocycles. The van der Waals surface area contributed by atoms with Crippen LogP contribution in [0.15, 0.2) is 21.9 Å². The summed E-state index contributed by atoms with van der Waals surface area (Å²) in [7, 11) is -3.18. The number of nitrogens with one attached hydrogen (secondary N) is 2. The van der Waals surface area contributed by atoms with Gasteiger partial charge in [-0.25, -0.2) is 14.3 Å². The number of aromatic nitrogens is 2. The minimum absolute atomic E-state index is 0.235. The highest BCUT2D eigenvalue weighted by atomic mass is 31.1. The van der Waals surface area contributed by atoms with Gasteiger partial charge in [0.2, 0.25) is 0 Å². The third kappa shape index (κ3) is 5.48. The number of rotatable bonds is 9. The van der Waals surface area contributed by atoms with Crippen molar-refractivity contribution in [2.75, 3.05) is 6.61 Å². The first kappa shape index (κ1) is 25.4. The number of carbonyl (C=O) groups excluding carboxylic acids is 1. The lowest BCUT2D eigenvalue weighted by Crippen LogP contribution is -2.51. The average Bonchev–Trinajstić information content (AvgIpc) is 2.88. The Balaban J connectivity index is 2.14. The smallest absolute Gasteiger partial charge is 0.330 e. The lowest BCUT2D eigenvalue weighted by atomic mass is 9.90. The third-order valence-electron chi connectivity index (χ3n) is 4.73. The number of aliphatic hydroxyl groups is 2. The minimum atomic E-state index is -3.18. The van der Waals surface area contributed by atoms with Gasteiger partial charge in [-0.2, -0.15) is 0 Å². The number of ether oxygens (including phenoxy) is 2. The molecule has 1 aromatic rings. The molecule has 0 aromatic carbocycles.